The van der Waals surface area contributed by atoms with Gasteiger partial charge in [0.1, 0.15) is 23.3 Å². The summed E-state index contributed by atoms with van der Waals surface area (Å²) in [5.74, 6) is 1.23. The van der Waals surface area contributed by atoms with Crippen LogP contribution >= 0.6 is 0 Å². The maximum Gasteiger partial charge on any atom is 0.186 e. The number of rotatable bonds is 5. The van der Waals surface area contributed by atoms with Gasteiger partial charge in [0.2, 0.25) is 0 Å². The van der Waals surface area contributed by atoms with E-state index in [1.54, 1.807) is 38.5 Å². The van der Waals surface area contributed by atoms with Crippen LogP contribution in [-0.2, 0) is 0 Å². The van der Waals surface area contributed by atoms with Gasteiger partial charge >= 0.3 is 0 Å². The Morgan fingerprint density at radius 1 is 1.08 bits per heavy atom. The smallest absolute Gasteiger partial charge is 0.186 e. The molecule has 0 fully saturated rings. The van der Waals surface area contributed by atoms with Crippen LogP contribution in [0.2, 0.25) is 0 Å². The first-order valence-corrected chi connectivity index (χ1v) is 7.57. The Morgan fingerprint density at radius 2 is 1.92 bits per heavy atom. The molecule has 1 heterocycles. The minimum Gasteiger partial charge on any atom is -0.497 e. The molecule has 0 atom stereocenters. The third-order valence-corrected chi connectivity index (χ3v) is 3.64. The van der Waals surface area contributed by atoms with Crippen LogP contribution in [0.15, 0.2) is 59.7 Å². The highest BCUT2D eigenvalue weighted by molar-refractivity contribution is 6.11. The molecule has 2 aromatic carbocycles. The van der Waals surface area contributed by atoms with E-state index in [0.717, 1.165) is 10.9 Å². The third-order valence-electron chi connectivity index (χ3n) is 3.64. The van der Waals surface area contributed by atoms with Crippen molar-refractivity contribution in [1.82, 2.24) is 4.98 Å². The molecule has 6 nitrogen and oxygen atoms in total. The molecule has 1 N–H and O–H groups in total. The zero-order valence-corrected chi connectivity index (χ0v) is 13.9. The summed E-state index contributed by atoms with van der Waals surface area (Å²) in [6, 6.07) is 18.8. The van der Waals surface area contributed by atoms with E-state index in [1.165, 1.54) is 0 Å². The van der Waals surface area contributed by atoms with Crippen molar-refractivity contribution in [3.8, 4) is 17.6 Å². The molecule has 0 spiro atoms. The molecular weight excluding hydrogens is 316 g/mol. The van der Waals surface area contributed by atoms with Crippen LogP contribution in [0, 0.1) is 11.3 Å². The van der Waals surface area contributed by atoms with E-state index in [1.807, 2.05) is 30.3 Å². The topological polar surface area (TPSA) is 79.5 Å². The molecule has 0 aliphatic rings. The number of methoxy groups -OCH3 is 2. The molecule has 25 heavy (non-hydrogen) atoms. The molecule has 0 saturated carbocycles. The normalized spacial score (nSPS) is 11.0. The summed E-state index contributed by atoms with van der Waals surface area (Å²) in [4.78, 5) is 4.48. The number of benzene rings is 2. The lowest BCUT2D eigenvalue weighted by molar-refractivity contribution is 0.395. The minimum absolute atomic E-state index is 0.184. The highest BCUT2D eigenvalue weighted by atomic mass is 16.5. The van der Waals surface area contributed by atoms with Gasteiger partial charge < -0.3 is 9.47 Å². The average Bonchev–Trinajstić information content (AvgIpc) is 2.68. The number of nitrogens with one attached hydrogen (secondary N) is 1. The van der Waals surface area contributed by atoms with Gasteiger partial charge in [0.15, 0.2) is 5.71 Å². The molecule has 0 aliphatic carbocycles. The van der Waals surface area contributed by atoms with E-state index in [2.05, 4.69) is 21.6 Å². The monoisotopic (exact) mass is 332 g/mol. The van der Waals surface area contributed by atoms with E-state index in [4.69, 9.17) is 9.47 Å². The Balaban J connectivity index is 1.91. The fourth-order valence-corrected chi connectivity index (χ4v) is 2.34. The van der Waals surface area contributed by atoms with Gasteiger partial charge in [-0.05, 0) is 24.3 Å². The Morgan fingerprint density at radius 3 is 2.68 bits per heavy atom. The molecule has 0 saturated heterocycles. The minimum atomic E-state index is 0.184. The van der Waals surface area contributed by atoms with Gasteiger partial charge in [0, 0.05) is 11.5 Å². The molecule has 6 heteroatoms. The Labute approximate surface area is 145 Å². The molecule has 0 unspecified atom stereocenters. The van der Waals surface area contributed by atoms with Gasteiger partial charge in [-0.15, -0.1) is 0 Å². The van der Waals surface area contributed by atoms with Crippen LogP contribution in [-0.4, -0.2) is 24.9 Å². The first kappa shape index (κ1) is 16.3. The summed E-state index contributed by atoms with van der Waals surface area (Å²) in [7, 11) is 3.14. The average molecular weight is 332 g/mol. The summed E-state index contributed by atoms with van der Waals surface area (Å²) in [6.45, 7) is 0. The van der Waals surface area contributed by atoms with Crippen molar-refractivity contribution in [2.45, 2.75) is 0 Å². The number of hydrogen-bond acceptors (Lipinski definition) is 6. The summed E-state index contributed by atoms with van der Waals surface area (Å²) < 4.78 is 10.5. The second-order valence-corrected chi connectivity index (χ2v) is 5.14. The first-order valence-electron chi connectivity index (χ1n) is 7.57. The number of hydrazone groups is 1. The number of nitriles is 1. The molecule has 0 radical (unpaired) electrons. The predicted octanol–water partition coefficient (Wildman–Crippen LogP) is 3.59. The first-order chi connectivity index (χ1) is 12.2. The Bertz CT molecular complexity index is 977. The van der Waals surface area contributed by atoms with E-state index < -0.39 is 0 Å². The largest absolute Gasteiger partial charge is 0.497 e. The van der Waals surface area contributed by atoms with Gasteiger partial charge in [0.05, 0.1) is 25.4 Å². The number of hydrogen-bond donors (Lipinski definition) is 1. The van der Waals surface area contributed by atoms with Crippen LogP contribution in [0.1, 0.15) is 5.69 Å². The van der Waals surface area contributed by atoms with Gasteiger partial charge in [-0.2, -0.15) is 10.4 Å². The third kappa shape index (κ3) is 3.51. The molecule has 3 aromatic rings. The van der Waals surface area contributed by atoms with Crippen LogP contribution in [0.5, 0.6) is 11.5 Å². The summed E-state index contributed by atoms with van der Waals surface area (Å²) in [5.41, 5.74) is 4.98. The Kier molecular flexibility index (Phi) is 4.77. The maximum atomic E-state index is 9.43. The molecule has 0 bridgehead atoms. The van der Waals surface area contributed by atoms with E-state index in [0.29, 0.717) is 22.9 Å². The number of para-hydroxylation sites is 1. The highest BCUT2D eigenvalue weighted by Gasteiger charge is 2.08. The van der Waals surface area contributed by atoms with E-state index in [9.17, 15) is 5.26 Å². The standard InChI is InChI=1S/C19H16N4O2/c1-24-14-8-10-17(19(11-14)25-2)22-23-18(12-20)16-9-7-13-5-3-4-6-15(13)21-16/h3-11,22H,1-2H3/b23-18+. The maximum absolute atomic E-state index is 9.43. The molecule has 0 aliphatic heterocycles. The van der Waals surface area contributed by atoms with Crippen LogP contribution < -0.4 is 14.9 Å². The number of anilines is 1. The lowest BCUT2D eigenvalue weighted by Crippen LogP contribution is -2.05. The number of fused-ring (bicyclic) bond motifs is 1. The van der Waals surface area contributed by atoms with Gasteiger partial charge in [0.25, 0.3) is 0 Å². The van der Waals surface area contributed by atoms with Crippen LogP contribution in [0.4, 0.5) is 5.69 Å². The van der Waals surface area contributed by atoms with Crippen molar-refractivity contribution in [1.29, 1.82) is 5.26 Å². The van der Waals surface area contributed by atoms with Crippen molar-refractivity contribution in [3.63, 3.8) is 0 Å². The lowest BCUT2D eigenvalue weighted by Gasteiger charge is -2.09. The summed E-state index contributed by atoms with van der Waals surface area (Å²) in [5, 5.41) is 14.6. The number of pyridine rings is 1. The molecule has 0 amide bonds. The molecule has 1 aromatic heterocycles. The summed E-state index contributed by atoms with van der Waals surface area (Å²) >= 11 is 0. The van der Waals surface area contributed by atoms with E-state index >= 15 is 0 Å². The quantitative estimate of drug-likeness (QED) is 0.570. The highest BCUT2D eigenvalue weighted by Crippen LogP contribution is 2.29. The fourth-order valence-electron chi connectivity index (χ4n) is 2.34. The zero-order chi connectivity index (χ0) is 17.6. The lowest BCUT2D eigenvalue weighted by atomic mass is 10.2. The van der Waals surface area contributed by atoms with Gasteiger partial charge in [-0.25, -0.2) is 4.98 Å². The van der Waals surface area contributed by atoms with Crippen LogP contribution in [0.3, 0.4) is 0 Å². The Hall–Kier alpha value is -3.59. The summed E-state index contributed by atoms with van der Waals surface area (Å²) in [6.07, 6.45) is 0. The zero-order valence-electron chi connectivity index (χ0n) is 13.9. The molecular formula is C19H16N4O2. The SMILES string of the molecule is COc1ccc(N/N=C(\C#N)c2ccc3ccccc3n2)c(OC)c1. The number of ether oxygens (including phenoxy) is 2. The van der Waals surface area contributed by atoms with Crippen molar-refractivity contribution < 1.29 is 9.47 Å². The molecule has 124 valence electrons. The van der Waals surface area contributed by atoms with Crippen molar-refractivity contribution in [2.75, 3.05) is 19.6 Å². The van der Waals surface area contributed by atoms with Gasteiger partial charge in [-0.1, -0.05) is 24.3 Å². The number of aromatic nitrogens is 1. The number of nitrogens with zero attached hydrogens (tertiary/aromatic N) is 3. The fraction of sp³-hybridized carbons (Fsp3) is 0.105. The predicted molar refractivity (Wildman–Crippen MR) is 97.1 cm³/mol. The second kappa shape index (κ2) is 7.32. The van der Waals surface area contributed by atoms with E-state index in [-0.39, 0.29) is 5.71 Å². The van der Waals surface area contributed by atoms with Crippen molar-refractivity contribution in [3.05, 3.63) is 60.3 Å². The van der Waals surface area contributed by atoms with Crippen LogP contribution in [0.25, 0.3) is 10.9 Å². The second-order valence-electron chi connectivity index (χ2n) is 5.14. The van der Waals surface area contributed by atoms with Crippen molar-refractivity contribution in [2.24, 2.45) is 5.10 Å². The van der Waals surface area contributed by atoms with Crippen molar-refractivity contribution >= 4 is 22.3 Å². The molecule has 3 rings (SSSR count). The van der Waals surface area contributed by atoms with Gasteiger partial charge in [-0.3, -0.25) is 5.43 Å².